The van der Waals surface area contributed by atoms with Crippen molar-refractivity contribution in [3.63, 3.8) is 0 Å². The molecule has 0 radical (unpaired) electrons. The van der Waals surface area contributed by atoms with Crippen molar-refractivity contribution in [3.05, 3.63) is 114 Å². The molecule has 228 valence electrons. The Bertz CT molecular complexity index is 1810. The van der Waals surface area contributed by atoms with Crippen LogP contribution in [0.2, 0.25) is 0 Å². The molecule has 3 heterocycles. The molecule has 9 heteroatoms. The number of hydrogen-bond acceptors (Lipinski definition) is 6. The van der Waals surface area contributed by atoms with Crippen LogP contribution in [-0.2, 0) is 18.3 Å². The summed E-state index contributed by atoms with van der Waals surface area (Å²) in [7, 11) is 2.03. The zero-order valence-corrected chi connectivity index (χ0v) is 25.2. The maximum Gasteiger partial charge on any atom is 0.410 e. The van der Waals surface area contributed by atoms with E-state index in [1.54, 1.807) is 0 Å². The minimum atomic E-state index is -1.04. The van der Waals surface area contributed by atoms with E-state index in [1.165, 1.54) is 34.6 Å². The van der Waals surface area contributed by atoms with Gasteiger partial charge in [0.2, 0.25) is 5.95 Å². The summed E-state index contributed by atoms with van der Waals surface area (Å²) < 4.78 is 8.26. The van der Waals surface area contributed by atoms with E-state index in [-0.39, 0.29) is 30.1 Å². The number of amides is 1. The van der Waals surface area contributed by atoms with Gasteiger partial charge >= 0.3 is 12.1 Å². The first-order valence-corrected chi connectivity index (χ1v) is 15.4. The number of carboxylic acid groups (broad SMARTS) is 1. The van der Waals surface area contributed by atoms with Crippen LogP contribution < -0.4 is 4.90 Å². The molecule has 0 bridgehead atoms. The number of aryl methyl sites for hydroxylation is 1. The predicted molar refractivity (Wildman–Crippen MR) is 172 cm³/mol. The molecule has 0 atom stereocenters. The summed E-state index contributed by atoms with van der Waals surface area (Å²) in [4.78, 5) is 37.6. The minimum Gasteiger partial charge on any atom is -0.478 e. The van der Waals surface area contributed by atoms with Crippen molar-refractivity contribution in [2.75, 3.05) is 31.1 Å². The average Bonchev–Trinajstić information content (AvgIpc) is 3.57. The molecular formula is C36H35N5O4. The first-order valence-electron chi connectivity index (χ1n) is 15.4. The number of carbonyl (C=O) groups excluding carboxylic acids is 1. The van der Waals surface area contributed by atoms with E-state index in [2.05, 4.69) is 74.2 Å². The van der Waals surface area contributed by atoms with Crippen LogP contribution in [0.1, 0.15) is 45.8 Å². The summed E-state index contributed by atoms with van der Waals surface area (Å²) in [5.74, 6) is -0.242. The van der Waals surface area contributed by atoms with Crippen molar-refractivity contribution >= 4 is 28.9 Å². The van der Waals surface area contributed by atoms with Crippen molar-refractivity contribution in [3.8, 4) is 11.1 Å². The van der Waals surface area contributed by atoms with Gasteiger partial charge in [-0.15, -0.1) is 0 Å². The molecule has 5 aromatic rings. The summed E-state index contributed by atoms with van der Waals surface area (Å²) in [5, 5.41) is 10.3. The van der Waals surface area contributed by atoms with Gasteiger partial charge in [-0.25, -0.2) is 19.6 Å². The Kier molecular flexibility index (Phi) is 7.67. The predicted octanol–water partition coefficient (Wildman–Crippen LogP) is 6.33. The van der Waals surface area contributed by atoms with Crippen LogP contribution in [0.4, 0.5) is 10.7 Å². The second-order valence-corrected chi connectivity index (χ2v) is 12.0. The van der Waals surface area contributed by atoms with Gasteiger partial charge < -0.3 is 24.2 Å². The van der Waals surface area contributed by atoms with Crippen LogP contribution in [-0.4, -0.2) is 62.8 Å². The Morgan fingerprint density at radius 1 is 0.911 bits per heavy atom. The number of nitrogens with zero attached hydrogens (tertiary/aromatic N) is 5. The van der Waals surface area contributed by atoms with Gasteiger partial charge in [-0.05, 0) is 52.6 Å². The van der Waals surface area contributed by atoms with Crippen molar-refractivity contribution in [2.45, 2.75) is 25.3 Å². The fourth-order valence-corrected chi connectivity index (χ4v) is 6.87. The lowest BCUT2D eigenvalue weighted by Crippen LogP contribution is -2.41. The van der Waals surface area contributed by atoms with Crippen LogP contribution in [0.3, 0.4) is 0 Å². The summed E-state index contributed by atoms with van der Waals surface area (Å²) in [6, 6.07) is 25.0. The number of carbonyl (C=O) groups is 2. The standard InChI is InChI=1S/C36H35N5O4/c1-39-21-26(27-8-6-7-13-33(27)39)22-41(20-24-14-16-40(17-15-24)35-37-18-25(19-38-35)34(42)43)36(44)45-23-32-30-11-4-2-9-28(30)29-10-3-5-12-31(29)32/h2-13,18-19,21,24,32H,14-17,20,22-23H2,1H3,(H,42,43). The summed E-state index contributed by atoms with van der Waals surface area (Å²) >= 11 is 0. The zero-order valence-electron chi connectivity index (χ0n) is 25.2. The topological polar surface area (TPSA) is 101 Å². The first kappa shape index (κ1) is 28.6. The largest absolute Gasteiger partial charge is 0.478 e. The lowest BCUT2D eigenvalue weighted by molar-refractivity contribution is 0.0695. The minimum absolute atomic E-state index is 0.00323. The third-order valence-corrected chi connectivity index (χ3v) is 9.20. The van der Waals surface area contributed by atoms with E-state index < -0.39 is 5.97 Å². The number of aromatic nitrogens is 3. The molecule has 1 N–H and O–H groups in total. The number of carboxylic acids is 1. The number of ether oxygens (including phenoxy) is 1. The Balaban J connectivity index is 1.08. The maximum atomic E-state index is 13.9. The molecule has 1 fully saturated rings. The van der Waals surface area contributed by atoms with Gasteiger partial charge in [0, 0.05) is 62.1 Å². The second-order valence-electron chi connectivity index (χ2n) is 12.0. The molecule has 0 spiro atoms. The number of rotatable bonds is 8. The van der Waals surface area contributed by atoms with E-state index in [0.717, 1.165) is 42.4 Å². The van der Waals surface area contributed by atoms with E-state index in [9.17, 15) is 9.59 Å². The van der Waals surface area contributed by atoms with Gasteiger partial charge in [-0.2, -0.15) is 0 Å². The highest BCUT2D eigenvalue weighted by Crippen LogP contribution is 2.44. The Morgan fingerprint density at radius 2 is 1.53 bits per heavy atom. The van der Waals surface area contributed by atoms with Crippen LogP contribution in [0.25, 0.3) is 22.0 Å². The van der Waals surface area contributed by atoms with Gasteiger partial charge in [0.25, 0.3) is 0 Å². The number of para-hydroxylation sites is 1. The van der Waals surface area contributed by atoms with Gasteiger partial charge in [0.15, 0.2) is 0 Å². The SMILES string of the molecule is Cn1cc(CN(CC2CCN(c3ncc(C(=O)O)cn3)CC2)C(=O)OCC2c3ccccc3-c3ccccc32)c2ccccc21. The number of piperidine rings is 1. The van der Waals surface area contributed by atoms with Crippen molar-refractivity contribution in [2.24, 2.45) is 13.0 Å². The average molecular weight is 602 g/mol. The lowest BCUT2D eigenvalue weighted by atomic mass is 9.96. The van der Waals surface area contributed by atoms with E-state index >= 15 is 0 Å². The molecule has 0 unspecified atom stereocenters. The Hall–Kier alpha value is -5.18. The van der Waals surface area contributed by atoms with Gasteiger partial charge in [-0.1, -0.05) is 66.7 Å². The van der Waals surface area contributed by atoms with Crippen LogP contribution in [0.5, 0.6) is 0 Å². The highest BCUT2D eigenvalue weighted by atomic mass is 16.6. The smallest absolute Gasteiger partial charge is 0.410 e. The molecule has 1 amide bonds. The molecule has 7 rings (SSSR count). The second kappa shape index (κ2) is 12.1. The Morgan fingerprint density at radius 3 is 2.20 bits per heavy atom. The molecular weight excluding hydrogens is 566 g/mol. The van der Waals surface area contributed by atoms with Gasteiger partial charge in [0.1, 0.15) is 6.61 Å². The number of anilines is 1. The first-order chi connectivity index (χ1) is 22.0. The summed E-state index contributed by atoms with van der Waals surface area (Å²) in [5.41, 5.74) is 7.08. The molecule has 0 saturated carbocycles. The molecule has 1 aliphatic carbocycles. The molecule has 3 aromatic carbocycles. The van der Waals surface area contributed by atoms with E-state index in [4.69, 9.17) is 9.84 Å². The number of hydrogen-bond donors (Lipinski definition) is 1. The lowest BCUT2D eigenvalue weighted by Gasteiger charge is -2.34. The van der Waals surface area contributed by atoms with Gasteiger partial charge in [0.05, 0.1) is 12.1 Å². The van der Waals surface area contributed by atoms with Crippen LogP contribution in [0, 0.1) is 5.92 Å². The van der Waals surface area contributed by atoms with Crippen LogP contribution in [0.15, 0.2) is 91.4 Å². The van der Waals surface area contributed by atoms with Crippen molar-refractivity contribution in [1.82, 2.24) is 19.4 Å². The quantitative estimate of drug-likeness (QED) is 0.222. The number of benzene rings is 3. The monoisotopic (exact) mass is 601 g/mol. The number of aromatic carboxylic acids is 1. The number of fused-ring (bicyclic) bond motifs is 4. The molecule has 45 heavy (non-hydrogen) atoms. The highest BCUT2D eigenvalue weighted by Gasteiger charge is 2.31. The van der Waals surface area contributed by atoms with Crippen molar-refractivity contribution < 1.29 is 19.4 Å². The third-order valence-electron chi connectivity index (χ3n) is 9.20. The molecule has 1 aliphatic heterocycles. The molecule has 1 saturated heterocycles. The van der Waals surface area contributed by atoms with E-state index in [0.29, 0.717) is 19.0 Å². The van der Waals surface area contributed by atoms with Crippen LogP contribution >= 0.6 is 0 Å². The zero-order chi connectivity index (χ0) is 30.9. The van der Waals surface area contributed by atoms with Gasteiger partial charge in [-0.3, -0.25) is 0 Å². The van der Waals surface area contributed by atoms with E-state index in [1.807, 2.05) is 36.2 Å². The molecule has 2 aromatic heterocycles. The fourth-order valence-electron chi connectivity index (χ4n) is 6.87. The normalized spacial score (nSPS) is 14.7. The van der Waals surface area contributed by atoms with Crippen molar-refractivity contribution in [1.29, 1.82) is 0 Å². The highest BCUT2D eigenvalue weighted by molar-refractivity contribution is 5.87. The molecule has 2 aliphatic rings. The fraction of sp³-hybridized carbons (Fsp3) is 0.278. The summed E-state index contributed by atoms with van der Waals surface area (Å²) in [6.45, 7) is 2.76. The third kappa shape index (κ3) is 5.61. The summed E-state index contributed by atoms with van der Waals surface area (Å²) in [6.07, 6.45) is 6.20. The molecule has 9 nitrogen and oxygen atoms in total. The maximum absolute atomic E-state index is 13.9. The Labute approximate surface area is 261 Å².